The Morgan fingerprint density at radius 2 is 0.569 bits per heavy atom. The summed E-state index contributed by atoms with van der Waals surface area (Å²) in [5, 5.41) is 4.11. The minimum absolute atomic E-state index is 1.01. The highest BCUT2D eigenvalue weighted by molar-refractivity contribution is 5.84. The minimum Gasteiger partial charge on any atom is -0.354 e. The number of nitrogens with one attached hydrogen (secondary N) is 4. The van der Waals surface area contributed by atoms with Gasteiger partial charge in [0.1, 0.15) is 0 Å². The van der Waals surface area contributed by atoms with Crippen LogP contribution in [0.4, 0.5) is 0 Å². The molecular formula is C46H37N5. The molecule has 0 amide bonds. The van der Waals surface area contributed by atoms with Crippen LogP contribution in [0.25, 0.3) is 22.3 Å². The predicted octanol–water partition coefficient (Wildman–Crippen LogP) is 6.62. The fourth-order valence-corrected chi connectivity index (χ4v) is 7.25. The Bertz CT molecular complexity index is 2790. The Morgan fingerprint density at radius 3 is 0.863 bits per heavy atom. The van der Waals surface area contributed by atoms with Crippen LogP contribution in [-0.2, 0) is 0 Å². The summed E-state index contributed by atoms with van der Waals surface area (Å²) in [4.78, 5) is 19.8. The standard InChI is InChI=1S/C46H37N5/c1-28-4-10-31(11-5-28)43-35-16-18-37(48-35)44(32-12-6-29(2)7-13-32)39-20-22-41(50-39)46(34-24-26-47-27-25-34)42-23-21-40(51-42)45(38-19-17-36(43)49-38)33-14-8-30(3)9-15-33/h4-27,48-51H,1-3H3. The zero-order valence-electron chi connectivity index (χ0n) is 28.8. The molecule has 0 unspecified atom stereocenters. The normalized spacial score (nSPS) is 12.8. The Morgan fingerprint density at radius 1 is 0.294 bits per heavy atom. The lowest BCUT2D eigenvalue weighted by Crippen LogP contribution is -2.19. The number of aromatic nitrogens is 5. The van der Waals surface area contributed by atoms with Crippen LogP contribution in [0.1, 0.15) is 61.7 Å². The summed E-state index contributed by atoms with van der Waals surface area (Å²) in [6.45, 7) is 6.39. The maximum atomic E-state index is 4.34. The van der Waals surface area contributed by atoms with Crippen LogP contribution in [-0.4, -0.2) is 24.9 Å². The molecule has 5 heteroatoms. The van der Waals surface area contributed by atoms with Crippen molar-refractivity contribution in [2.75, 3.05) is 0 Å². The first kappa shape index (κ1) is 30.5. The Hall–Kier alpha value is -6.59. The van der Waals surface area contributed by atoms with E-state index in [1.54, 1.807) is 0 Å². The number of hydrogen-bond donors (Lipinski definition) is 4. The average Bonchev–Trinajstić information content (AvgIpc) is 3.99. The molecule has 5 nitrogen and oxygen atoms in total. The van der Waals surface area contributed by atoms with Crippen LogP contribution < -0.4 is 21.4 Å². The van der Waals surface area contributed by atoms with Crippen molar-refractivity contribution in [1.82, 2.24) is 24.9 Å². The summed E-state index contributed by atoms with van der Waals surface area (Å²) in [5.41, 5.74) is 16.6. The highest BCUT2D eigenvalue weighted by atomic mass is 14.8. The molecule has 3 aromatic carbocycles. The van der Waals surface area contributed by atoms with Crippen molar-refractivity contribution in [3.8, 4) is 0 Å². The van der Waals surface area contributed by atoms with Gasteiger partial charge in [0.2, 0.25) is 0 Å². The van der Waals surface area contributed by atoms with Gasteiger partial charge in [0, 0.05) is 78.9 Å². The summed E-state index contributed by atoms with van der Waals surface area (Å²) in [5.74, 6) is 0. The first-order valence-corrected chi connectivity index (χ1v) is 17.4. The van der Waals surface area contributed by atoms with E-state index >= 15 is 0 Å². The number of benzene rings is 3. The van der Waals surface area contributed by atoms with Gasteiger partial charge in [-0.05, 0) is 104 Å². The van der Waals surface area contributed by atoms with Crippen molar-refractivity contribution in [1.29, 1.82) is 0 Å². The maximum Gasteiger partial charge on any atom is 0.0485 e. The van der Waals surface area contributed by atoms with Gasteiger partial charge in [0.15, 0.2) is 0 Å². The molecule has 8 bridgehead atoms. The first-order valence-electron chi connectivity index (χ1n) is 17.4. The molecule has 51 heavy (non-hydrogen) atoms. The summed E-state index contributed by atoms with van der Waals surface area (Å²) in [6, 6.07) is 48.0. The monoisotopic (exact) mass is 659 g/mol. The Labute approximate surface area is 296 Å². The second-order valence-corrected chi connectivity index (χ2v) is 13.5. The molecule has 0 saturated carbocycles. The minimum atomic E-state index is 1.01. The van der Waals surface area contributed by atoms with Crippen LogP contribution in [0.2, 0.25) is 0 Å². The third-order valence-corrected chi connectivity index (χ3v) is 9.89. The van der Waals surface area contributed by atoms with Crippen LogP contribution in [0.3, 0.4) is 0 Å². The van der Waals surface area contributed by atoms with Crippen molar-refractivity contribution < 1.29 is 0 Å². The number of pyridine rings is 1. The zero-order valence-corrected chi connectivity index (χ0v) is 28.8. The zero-order chi connectivity index (χ0) is 34.5. The molecule has 0 radical (unpaired) electrons. The van der Waals surface area contributed by atoms with Crippen molar-refractivity contribution in [2.24, 2.45) is 0 Å². The molecule has 0 saturated heterocycles. The van der Waals surface area contributed by atoms with Crippen LogP contribution in [0, 0.1) is 20.8 Å². The number of hydrogen-bond acceptors (Lipinski definition) is 1. The first-order chi connectivity index (χ1) is 25.0. The van der Waals surface area contributed by atoms with Gasteiger partial charge in [-0.25, -0.2) is 0 Å². The lowest BCUT2D eigenvalue weighted by atomic mass is 10.0. The van der Waals surface area contributed by atoms with Gasteiger partial charge in [-0.1, -0.05) is 89.5 Å². The van der Waals surface area contributed by atoms with Crippen molar-refractivity contribution >= 4 is 22.3 Å². The van der Waals surface area contributed by atoms with E-state index in [0.29, 0.717) is 0 Å². The molecule has 0 atom stereocenters. The van der Waals surface area contributed by atoms with Gasteiger partial charge < -0.3 is 19.9 Å². The number of fused-ring (bicyclic) bond motifs is 8. The van der Waals surface area contributed by atoms with Gasteiger partial charge in [-0.2, -0.15) is 0 Å². The topological polar surface area (TPSA) is 76.0 Å². The summed E-state index contributed by atoms with van der Waals surface area (Å²) < 4.78 is 0. The molecule has 9 rings (SSSR count). The largest absolute Gasteiger partial charge is 0.354 e. The number of H-pyrrole nitrogens is 4. The van der Waals surface area contributed by atoms with Crippen LogP contribution in [0.15, 0.2) is 146 Å². The molecule has 0 fully saturated rings. The average molecular weight is 660 g/mol. The molecule has 0 aliphatic carbocycles. The molecule has 4 N–H and O–H groups in total. The highest BCUT2D eigenvalue weighted by Gasteiger charge is 2.18. The van der Waals surface area contributed by atoms with E-state index in [1.807, 2.05) is 12.4 Å². The fourth-order valence-electron chi connectivity index (χ4n) is 7.25. The van der Waals surface area contributed by atoms with Gasteiger partial charge in [0.25, 0.3) is 0 Å². The third-order valence-electron chi connectivity index (χ3n) is 9.89. The molecule has 1 aliphatic heterocycles. The van der Waals surface area contributed by atoms with Gasteiger partial charge in [-0.3, -0.25) is 4.98 Å². The number of nitrogens with zero attached hydrogens (tertiary/aromatic N) is 1. The third kappa shape index (κ3) is 5.59. The van der Waals surface area contributed by atoms with Gasteiger partial charge in [-0.15, -0.1) is 0 Å². The van der Waals surface area contributed by atoms with Crippen LogP contribution >= 0.6 is 0 Å². The molecule has 246 valence electrons. The second-order valence-electron chi connectivity index (χ2n) is 13.5. The maximum absolute atomic E-state index is 4.34. The van der Waals surface area contributed by atoms with E-state index in [2.05, 4.69) is 179 Å². The SMILES string of the molecule is Cc1ccc(C2=c3ccc([nH]3)=C(c3ccncc3)c3ccc([nH]3)C(c3ccc(C)cc3)=c3ccc([nH]3)=C(c3ccc(C)cc3)c3ccc2[nH]3)cc1. The lowest BCUT2D eigenvalue weighted by molar-refractivity contribution is 1.18. The van der Waals surface area contributed by atoms with Crippen molar-refractivity contribution in [2.45, 2.75) is 20.8 Å². The van der Waals surface area contributed by atoms with E-state index < -0.39 is 0 Å². The number of aryl methyl sites for hydroxylation is 3. The summed E-state index contributed by atoms with van der Waals surface area (Å²) in [7, 11) is 0. The van der Waals surface area contributed by atoms with E-state index in [-0.39, 0.29) is 0 Å². The molecular weight excluding hydrogens is 623 g/mol. The van der Waals surface area contributed by atoms with Crippen molar-refractivity contribution in [3.63, 3.8) is 0 Å². The predicted molar refractivity (Wildman–Crippen MR) is 206 cm³/mol. The highest BCUT2D eigenvalue weighted by Crippen LogP contribution is 2.28. The summed E-state index contributed by atoms with van der Waals surface area (Å²) in [6.07, 6.45) is 3.71. The van der Waals surface area contributed by atoms with Gasteiger partial charge in [0.05, 0.1) is 0 Å². The molecule has 6 heterocycles. The van der Waals surface area contributed by atoms with E-state index in [9.17, 15) is 0 Å². The molecule has 8 aromatic rings. The smallest absolute Gasteiger partial charge is 0.0485 e. The number of aromatic amines is 4. The van der Waals surface area contributed by atoms with E-state index in [1.165, 1.54) is 16.7 Å². The molecule has 5 aromatic heterocycles. The summed E-state index contributed by atoms with van der Waals surface area (Å²) >= 11 is 0. The van der Waals surface area contributed by atoms with Crippen LogP contribution in [0.5, 0.6) is 0 Å². The van der Waals surface area contributed by atoms with Gasteiger partial charge >= 0.3 is 0 Å². The number of rotatable bonds is 4. The Kier molecular flexibility index (Phi) is 7.40. The quantitative estimate of drug-likeness (QED) is 0.169. The van der Waals surface area contributed by atoms with Crippen molar-refractivity contribution in [3.05, 3.63) is 229 Å². The van der Waals surface area contributed by atoms with E-state index in [4.69, 9.17) is 0 Å². The molecule has 1 aliphatic rings. The van der Waals surface area contributed by atoms with E-state index in [0.717, 1.165) is 88.7 Å². The Balaban J connectivity index is 1.43. The lowest BCUT2D eigenvalue weighted by Gasteiger charge is -2.10. The fraction of sp³-hybridized carbons (Fsp3) is 0.0652. The second kappa shape index (κ2) is 12.4. The molecule has 0 spiro atoms.